The van der Waals surface area contributed by atoms with Gasteiger partial charge in [0.15, 0.2) is 0 Å². The van der Waals surface area contributed by atoms with Crippen LogP contribution >= 0.6 is 11.6 Å². The first-order chi connectivity index (χ1) is 17.5. The summed E-state index contributed by atoms with van der Waals surface area (Å²) in [6.07, 6.45) is 3.18. The Morgan fingerprint density at radius 2 is 2.00 bits per heavy atom. The predicted molar refractivity (Wildman–Crippen MR) is 131 cm³/mol. The van der Waals surface area contributed by atoms with Crippen molar-refractivity contribution < 1.29 is 8.91 Å². The van der Waals surface area contributed by atoms with E-state index in [9.17, 15) is 9.59 Å². The lowest BCUT2D eigenvalue weighted by Crippen LogP contribution is -2.21. The molecule has 0 aromatic carbocycles. The summed E-state index contributed by atoms with van der Waals surface area (Å²) in [4.78, 5) is 34.5. The van der Waals surface area contributed by atoms with E-state index in [0.717, 1.165) is 0 Å². The van der Waals surface area contributed by atoms with Crippen LogP contribution in [-0.2, 0) is 13.6 Å². The average molecular weight is 480 g/mol. The molecule has 4 aromatic rings. The molecule has 4 rings (SSSR count). The fourth-order valence-electron chi connectivity index (χ4n) is 3.56. The number of hydrogen-bond donors (Lipinski definition) is 3. The normalized spacial score (nSPS) is 12.4. The van der Waals surface area contributed by atoms with Crippen LogP contribution < -0.4 is 21.5 Å². The summed E-state index contributed by atoms with van der Waals surface area (Å²) < 4.78 is 25.3. The first-order valence-corrected chi connectivity index (χ1v) is 10.5. The number of carbonyl (C=O) groups excluding carboxylic acids is 1. The molecule has 0 spiro atoms. The topological polar surface area (TPSA) is 130 Å². The maximum Gasteiger partial charge on any atom is 0.262 e. The van der Waals surface area contributed by atoms with Crippen molar-refractivity contribution in [3.05, 3.63) is 69.4 Å². The molecule has 0 aliphatic heterocycles. The van der Waals surface area contributed by atoms with Gasteiger partial charge in [0.25, 0.3) is 11.5 Å². The van der Waals surface area contributed by atoms with E-state index in [1.165, 1.54) is 16.7 Å². The van der Waals surface area contributed by atoms with Crippen LogP contribution in [0.1, 0.15) is 27.1 Å². The van der Waals surface area contributed by atoms with Crippen LogP contribution in [0.15, 0.2) is 47.5 Å². The fraction of sp³-hybridized carbons (Fsp3) is 0.174. The summed E-state index contributed by atoms with van der Waals surface area (Å²) in [7, 11) is 1.72. The number of rotatable bonds is 6. The Morgan fingerprint density at radius 1 is 1.21 bits per heavy atom. The zero-order valence-electron chi connectivity index (χ0n) is 21.2. The molecule has 0 aliphatic carbocycles. The molecule has 0 saturated heterocycles. The maximum atomic E-state index is 13.1. The van der Waals surface area contributed by atoms with E-state index < -0.39 is 12.9 Å². The Hall–Kier alpha value is -4.36. The van der Waals surface area contributed by atoms with Crippen LogP contribution in [0.5, 0.6) is 0 Å². The lowest BCUT2D eigenvalue weighted by atomic mass is 10.2. The number of amides is 1. The monoisotopic (exact) mass is 479 g/mol. The smallest absolute Gasteiger partial charge is 0.262 e. The molecule has 4 heterocycles. The molecule has 10 nitrogen and oxygen atoms in total. The van der Waals surface area contributed by atoms with Crippen molar-refractivity contribution in [3.8, 4) is 6.07 Å². The standard InChI is InChI=1S/C23H21ClN8O2/c1-4-32-11-15(24)20-19(23(32)34)16(12-31(20)3)28-21-14(22(33)26-2)8-9-18(30-21)29-17-7-5-6-13(10-25)27-17/h5-9,11-12H,4H2,1-3H3,(H,26,33)(H2,27,28,29,30)/i2D3. The van der Waals surface area contributed by atoms with E-state index >= 15 is 0 Å². The first-order valence-electron chi connectivity index (χ1n) is 11.6. The first kappa shape index (κ1) is 19.1. The van der Waals surface area contributed by atoms with E-state index in [4.69, 9.17) is 21.0 Å². The zero-order valence-corrected chi connectivity index (χ0v) is 18.9. The summed E-state index contributed by atoms with van der Waals surface area (Å²) in [6, 6.07) is 9.61. The Kier molecular flexibility index (Phi) is 5.21. The highest BCUT2D eigenvalue weighted by Crippen LogP contribution is 2.31. The second kappa shape index (κ2) is 9.25. The molecule has 3 N–H and O–H groups in total. The average Bonchev–Trinajstić information content (AvgIpc) is 3.16. The van der Waals surface area contributed by atoms with Crippen molar-refractivity contribution in [2.24, 2.45) is 7.05 Å². The summed E-state index contributed by atoms with van der Waals surface area (Å²) in [5.74, 6) is -0.326. The van der Waals surface area contributed by atoms with Crippen LogP contribution in [0.2, 0.25) is 5.02 Å². The second-order valence-corrected chi connectivity index (χ2v) is 7.67. The van der Waals surface area contributed by atoms with Crippen LogP contribution in [0.4, 0.5) is 23.1 Å². The third-order valence-corrected chi connectivity index (χ3v) is 5.40. The van der Waals surface area contributed by atoms with Crippen molar-refractivity contribution in [2.45, 2.75) is 13.5 Å². The Balaban J connectivity index is 1.83. The molecule has 11 heteroatoms. The SMILES string of the molecule is [2H]C([2H])([2H])NC(=O)c1ccc(Nc2cccc(C#N)n2)nc1Nc1cn(C)c2c(Cl)cn(CC)c(=O)c12. The molecular formula is C23H21ClN8O2. The zero-order chi connectivity index (χ0) is 26.9. The molecule has 0 unspecified atom stereocenters. The fourth-order valence-corrected chi connectivity index (χ4v) is 3.91. The minimum atomic E-state index is -2.73. The highest BCUT2D eigenvalue weighted by atomic mass is 35.5. The van der Waals surface area contributed by atoms with Gasteiger partial charge in [-0.1, -0.05) is 17.7 Å². The van der Waals surface area contributed by atoms with Gasteiger partial charge in [0.2, 0.25) is 0 Å². The Labute approximate surface area is 204 Å². The molecule has 0 radical (unpaired) electrons. The molecular weight excluding hydrogens is 456 g/mol. The van der Waals surface area contributed by atoms with E-state index in [1.807, 2.05) is 18.3 Å². The second-order valence-electron chi connectivity index (χ2n) is 7.26. The summed E-state index contributed by atoms with van der Waals surface area (Å²) in [6.45, 7) is -0.529. The number of hydrogen-bond acceptors (Lipinski definition) is 7. The van der Waals surface area contributed by atoms with Crippen molar-refractivity contribution in [3.63, 3.8) is 0 Å². The van der Waals surface area contributed by atoms with Crippen LogP contribution in [0.3, 0.4) is 0 Å². The third-order valence-electron chi connectivity index (χ3n) is 5.12. The number of aromatic nitrogens is 4. The Morgan fingerprint density at radius 3 is 2.74 bits per heavy atom. The number of carbonyl (C=O) groups is 1. The van der Waals surface area contributed by atoms with E-state index in [1.54, 1.807) is 42.2 Å². The van der Waals surface area contributed by atoms with Gasteiger partial charge in [0, 0.05) is 37.1 Å². The van der Waals surface area contributed by atoms with E-state index in [-0.39, 0.29) is 33.8 Å². The molecule has 34 heavy (non-hydrogen) atoms. The highest BCUT2D eigenvalue weighted by Gasteiger charge is 2.19. The lowest BCUT2D eigenvalue weighted by molar-refractivity contribution is 0.0963. The number of nitriles is 1. The number of pyridine rings is 3. The minimum Gasteiger partial charge on any atom is -0.355 e. The van der Waals surface area contributed by atoms with Crippen molar-refractivity contribution in [1.82, 2.24) is 24.4 Å². The Bertz CT molecular complexity index is 1620. The van der Waals surface area contributed by atoms with Gasteiger partial charge in [-0.15, -0.1) is 0 Å². The molecule has 0 bridgehead atoms. The summed E-state index contributed by atoms with van der Waals surface area (Å²) in [5, 5.41) is 17.6. The van der Waals surface area contributed by atoms with Crippen LogP contribution in [-0.4, -0.2) is 32.0 Å². The quantitative estimate of drug-likeness (QED) is 0.385. The van der Waals surface area contributed by atoms with Gasteiger partial charge >= 0.3 is 0 Å². The lowest BCUT2D eigenvalue weighted by Gasteiger charge is -2.13. The third kappa shape index (κ3) is 4.16. The van der Waals surface area contributed by atoms with Gasteiger partial charge in [-0.05, 0) is 31.2 Å². The van der Waals surface area contributed by atoms with Gasteiger partial charge in [0.1, 0.15) is 29.2 Å². The van der Waals surface area contributed by atoms with Gasteiger partial charge in [-0.25, -0.2) is 9.97 Å². The van der Waals surface area contributed by atoms with Gasteiger partial charge in [0.05, 0.1) is 27.2 Å². The predicted octanol–water partition coefficient (Wildman–Crippen LogP) is 3.52. The number of aryl methyl sites for hydroxylation is 2. The summed E-state index contributed by atoms with van der Waals surface area (Å²) >= 11 is 6.44. The largest absolute Gasteiger partial charge is 0.355 e. The highest BCUT2D eigenvalue weighted by molar-refractivity contribution is 6.35. The van der Waals surface area contributed by atoms with Crippen LogP contribution in [0.25, 0.3) is 10.9 Å². The molecule has 0 fully saturated rings. The number of nitrogens with one attached hydrogen (secondary N) is 3. The van der Waals surface area contributed by atoms with Crippen molar-refractivity contribution in [2.75, 3.05) is 17.6 Å². The van der Waals surface area contributed by atoms with Crippen molar-refractivity contribution >= 4 is 51.6 Å². The van der Waals surface area contributed by atoms with E-state index in [2.05, 4.69) is 20.6 Å². The number of halogens is 1. The maximum absolute atomic E-state index is 13.1. The molecule has 0 saturated carbocycles. The van der Waals surface area contributed by atoms with Crippen molar-refractivity contribution in [1.29, 1.82) is 5.26 Å². The molecule has 0 atom stereocenters. The minimum absolute atomic E-state index is 0.0156. The van der Waals surface area contributed by atoms with Gasteiger partial charge in [-0.3, -0.25) is 9.59 Å². The summed E-state index contributed by atoms with van der Waals surface area (Å²) in [5.41, 5.74) is 0.626. The van der Waals surface area contributed by atoms with E-state index in [0.29, 0.717) is 28.6 Å². The molecule has 1 amide bonds. The van der Waals surface area contributed by atoms with Crippen LogP contribution in [0, 0.1) is 11.3 Å². The number of nitrogens with zero attached hydrogens (tertiary/aromatic N) is 5. The number of fused-ring (bicyclic) bond motifs is 1. The molecule has 4 aromatic heterocycles. The van der Waals surface area contributed by atoms with Gasteiger partial charge in [-0.2, -0.15) is 5.26 Å². The number of anilines is 4. The van der Waals surface area contributed by atoms with Gasteiger partial charge < -0.3 is 25.1 Å². The molecule has 172 valence electrons. The molecule has 0 aliphatic rings.